The van der Waals surface area contributed by atoms with Crippen molar-refractivity contribution in [3.8, 4) is 17.2 Å². The molecule has 1 aliphatic heterocycles. The van der Waals surface area contributed by atoms with Crippen molar-refractivity contribution in [2.75, 3.05) is 27.3 Å². The van der Waals surface area contributed by atoms with Crippen LogP contribution in [0.15, 0.2) is 22.6 Å². The molecule has 1 atom stereocenters. The molecule has 1 aromatic carbocycles. The van der Waals surface area contributed by atoms with Crippen molar-refractivity contribution in [3.05, 3.63) is 35.5 Å². The maximum absolute atomic E-state index is 14.1. The number of aromatic nitrogens is 1. The van der Waals surface area contributed by atoms with Crippen LogP contribution in [0.2, 0.25) is 0 Å². The maximum atomic E-state index is 14.1. The van der Waals surface area contributed by atoms with Crippen molar-refractivity contribution >= 4 is 0 Å². The quantitative estimate of drug-likeness (QED) is 0.810. The zero-order valence-corrected chi connectivity index (χ0v) is 14.3. The number of oxazole rings is 1. The molecule has 0 saturated carbocycles. The van der Waals surface area contributed by atoms with Gasteiger partial charge in [-0.25, -0.2) is 9.37 Å². The van der Waals surface area contributed by atoms with Crippen molar-refractivity contribution in [3.63, 3.8) is 0 Å². The lowest BCUT2D eigenvalue weighted by atomic mass is 10.2. The third-order valence-corrected chi connectivity index (χ3v) is 4.26. The molecule has 1 saturated heterocycles. The summed E-state index contributed by atoms with van der Waals surface area (Å²) >= 11 is 0. The third-order valence-electron chi connectivity index (χ3n) is 4.26. The largest absolute Gasteiger partial charge is 0.497 e. The van der Waals surface area contributed by atoms with Crippen molar-refractivity contribution in [1.29, 1.82) is 0 Å². The van der Waals surface area contributed by atoms with Gasteiger partial charge in [0.05, 0.1) is 24.5 Å². The van der Waals surface area contributed by atoms with E-state index in [1.165, 1.54) is 6.07 Å². The van der Waals surface area contributed by atoms with Crippen LogP contribution in [0.4, 0.5) is 4.39 Å². The van der Waals surface area contributed by atoms with Gasteiger partial charge >= 0.3 is 0 Å². The first-order valence-electron chi connectivity index (χ1n) is 8.17. The number of aryl methyl sites for hydroxylation is 1. The van der Waals surface area contributed by atoms with E-state index in [9.17, 15) is 4.39 Å². The van der Waals surface area contributed by atoms with Crippen LogP contribution < -0.4 is 4.74 Å². The number of hydrogen-bond acceptors (Lipinski definition) is 5. The van der Waals surface area contributed by atoms with Gasteiger partial charge in [-0.1, -0.05) is 0 Å². The second-order valence-electron chi connectivity index (χ2n) is 6.20. The molecular weight excluding hydrogens is 311 g/mol. The van der Waals surface area contributed by atoms with Crippen LogP contribution in [0, 0.1) is 12.7 Å². The summed E-state index contributed by atoms with van der Waals surface area (Å²) in [5, 5.41) is 0. The van der Waals surface area contributed by atoms with Crippen LogP contribution in [0.3, 0.4) is 0 Å². The highest BCUT2D eigenvalue weighted by Gasteiger charge is 2.20. The lowest BCUT2D eigenvalue weighted by molar-refractivity contribution is 0.0789. The van der Waals surface area contributed by atoms with Gasteiger partial charge in [0.1, 0.15) is 17.3 Å². The minimum atomic E-state index is -0.378. The van der Waals surface area contributed by atoms with E-state index in [1.54, 1.807) is 19.2 Å². The molecule has 6 heteroatoms. The standard InChI is InChI=1S/C18H23FN2O3/c1-12-17(11-21(2)10-14-5-4-8-23-14)20-18(24-12)15-9-13(22-3)6-7-16(15)19/h6-7,9,14H,4-5,8,10-11H2,1-3H3/t14-/m0/s1. The molecule has 0 N–H and O–H groups in total. The SMILES string of the molecule is COc1ccc(F)c(-c2nc(CN(C)C[C@@H]3CCCO3)c(C)o2)c1. The van der Waals surface area contributed by atoms with Crippen molar-refractivity contribution in [1.82, 2.24) is 9.88 Å². The molecule has 0 spiro atoms. The van der Waals surface area contributed by atoms with E-state index in [-0.39, 0.29) is 17.8 Å². The summed E-state index contributed by atoms with van der Waals surface area (Å²) in [6.07, 6.45) is 2.51. The van der Waals surface area contributed by atoms with Gasteiger partial charge in [0.25, 0.3) is 0 Å². The zero-order valence-electron chi connectivity index (χ0n) is 14.3. The number of halogens is 1. The molecule has 2 aromatic rings. The maximum Gasteiger partial charge on any atom is 0.229 e. The molecule has 5 nitrogen and oxygen atoms in total. The molecule has 0 unspecified atom stereocenters. The van der Waals surface area contributed by atoms with Gasteiger partial charge in [-0.15, -0.1) is 0 Å². The monoisotopic (exact) mass is 334 g/mol. The Kier molecular flexibility index (Phi) is 5.16. The normalized spacial score (nSPS) is 17.6. The molecule has 0 amide bonds. The summed E-state index contributed by atoms with van der Waals surface area (Å²) in [4.78, 5) is 6.65. The van der Waals surface area contributed by atoms with Crippen molar-refractivity contribution in [2.24, 2.45) is 0 Å². The summed E-state index contributed by atoms with van der Waals surface area (Å²) in [6.45, 7) is 4.19. The van der Waals surface area contributed by atoms with Crippen LogP contribution in [-0.4, -0.2) is 43.3 Å². The Balaban J connectivity index is 1.75. The fourth-order valence-electron chi connectivity index (χ4n) is 2.94. The molecule has 2 heterocycles. The molecule has 0 bridgehead atoms. The number of ether oxygens (including phenoxy) is 2. The second kappa shape index (κ2) is 7.32. The van der Waals surface area contributed by atoms with Gasteiger partial charge in [0.2, 0.25) is 5.89 Å². The molecule has 0 aliphatic carbocycles. The predicted molar refractivity (Wildman–Crippen MR) is 88.5 cm³/mol. The lowest BCUT2D eigenvalue weighted by Crippen LogP contribution is -2.28. The Morgan fingerprint density at radius 2 is 2.25 bits per heavy atom. The summed E-state index contributed by atoms with van der Waals surface area (Å²) in [5.41, 5.74) is 1.12. The molecule has 24 heavy (non-hydrogen) atoms. The molecule has 0 radical (unpaired) electrons. The number of rotatable bonds is 6. The summed E-state index contributed by atoms with van der Waals surface area (Å²) in [7, 11) is 3.57. The predicted octanol–water partition coefficient (Wildman–Crippen LogP) is 3.41. The van der Waals surface area contributed by atoms with Gasteiger partial charge in [-0.2, -0.15) is 0 Å². The second-order valence-corrected chi connectivity index (χ2v) is 6.20. The minimum absolute atomic E-state index is 0.282. The molecular formula is C18H23FN2O3. The van der Waals surface area contributed by atoms with E-state index in [4.69, 9.17) is 13.9 Å². The zero-order chi connectivity index (χ0) is 17.1. The fraction of sp³-hybridized carbons (Fsp3) is 0.500. The molecule has 1 aliphatic rings. The first-order valence-corrected chi connectivity index (χ1v) is 8.17. The van der Waals surface area contributed by atoms with E-state index in [0.29, 0.717) is 23.6 Å². The highest BCUT2D eigenvalue weighted by atomic mass is 19.1. The van der Waals surface area contributed by atoms with Gasteiger partial charge in [-0.05, 0) is 45.0 Å². The fourth-order valence-corrected chi connectivity index (χ4v) is 2.94. The Bertz CT molecular complexity index is 696. The van der Waals surface area contributed by atoms with E-state index in [0.717, 1.165) is 31.7 Å². The van der Waals surface area contributed by atoms with Gasteiger partial charge in [0.15, 0.2) is 0 Å². The highest BCUT2D eigenvalue weighted by molar-refractivity contribution is 5.57. The van der Waals surface area contributed by atoms with Crippen LogP contribution in [0.25, 0.3) is 11.5 Å². The minimum Gasteiger partial charge on any atom is -0.497 e. The Hall–Kier alpha value is -1.92. The van der Waals surface area contributed by atoms with Crippen molar-refractivity contribution < 1.29 is 18.3 Å². The van der Waals surface area contributed by atoms with E-state index in [1.807, 2.05) is 14.0 Å². The number of benzene rings is 1. The number of likely N-dealkylation sites (N-methyl/N-ethyl adjacent to an activating group) is 1. The Morgan fingerprint density at radius 1 is 1.42 bits per heavy atom. The Labute approximate surface area is 141 Å². The van der Waals surface area contributed by atoms with E-state index >= 15 is 0 Å². The van der Waals surface area contributed by atoms with Gasteiger partial charge in [0, 0.05) is 19.7 Å². The summed E-state index contributed by atoms with van der Waals surface area (Å²) in [5.74, 6) is 1.17. The highest BCUT2D eigenvalue weighted by Crippen LogP contribution is 2.28. The third kappa shape index (κ3) is 3.76. The average Bonchev–Trinajstić information content (AvgIpc) is 3.18. The summed E-state index contributed by atoms with van der Waals surface area (Å²) in [6, 6.07) is 4.53. The first-order chi connectivity index (χ1) is 11.6. The lowest BCUT2D eigenvalue weighted by Gasteiger charge is -2.19. The van der Waals surface area contributed by atoms with E-state index in [2.05, 4.69) is 9.88 Å². The van der Waals surface area contributed by atoms with Crippen LogP contribution in [0.1, 0.15) is 24.3 Å². The molecule has 3 rings (SSSR count). The number of nitrogens with zero attached hydrogens (tertiary/aromatic N) is 2. The topological polar surface area (TPSA) is 47.7 Å². The van der Waals surface area contributed by atoms with Gasteiger partial charge in [-0.3, -0.25) is 4.90 Å². The Morgan fingerprint density at radius 3 is 2.96 bits per heavy atom. The molecule has 1 fully saturated rings. The van der Waals surface area contributed by atoms with Crippen LogP contribution >= 0.6 is 0 Å². The number of hydrogen-bond donors (Lipinski definition) is 0. The van der Waals surface area contributed by atoms with Crippen LogP contribution in [-0.2, 0) is 11.3 Å². The molecule has 130 valence electrons. The molecule has 1 aromatic heterocycles. The van der Waals surface area contributed by atoms with E-state index < -0.39 is 0 Å². The van der Waals surface area contributed by atoms with Crippen LogP contribution in [0.5, 0.6) is 5.75 Å². The number of methoxy groups -OCH3 is 1. The van der Waals surface area contributed by atoms with Crippen molar-refractivity contribution in [2.45, 2.75) is 32.4 Å². The first kappa shape index (κ1) is 16.9. The summed E-state index contributed by atoms with van der Waals surface area (Å²) < 4.78 is 30.6. The smallest absolute Gasteiger partial charge is 0.229 e. The average molecular weight is 334 g/mol. The van der Waals surface area contributed by atoms with Gasteiger partial charge < -0.3 is 13.9 Å².